The molecule has 19 heavy (non-hydrogen) atoms. The summed E-state index contributed by atoms with van der Waals surface area (Å²) in [6.07, 6.45) is 4.16. The summed E-state index contributed by atoms with van der Waals surface area (Å²) < 4.78 is 27.0. The molecule has 0 unspecified atom stereocenters. The van der Waals surface area contributed by atoms with Crippen molar-refractivity contribution in [1.82, 2.24) is 5.32 Å². The number of rotatable bonds is 7. The Bertz CT molecular complexity index is 412. The maximum Gasteiger partial charge on any atom is 0.251 e. The fraction of sp³-hybridized carbons (Fsp3) is 0.500. The summed E-state index contributed by atoms with van der Waals surface area (Å²) in [7, 11) is 1.43. The SMILES string of the molecule is CCCCCCNC(=O)c1cc(F)c(NC)c(F)c1. The number of amides is 1. The highest BCUT2D eigenvalue weighted by Gasteiger charge is 2.13. The number of halogens is 2. The summed E-state index contributed by atoms with van der Waals surface area (Å²) in [6.45, 7) is 2.63. The molecule has 0 radical (unpaired) electrons. The second-order valence-corrected chi connectivity index (χ2v) is 4.38. The molecule has 3 nitrogen and oxygen atoms in total. The number of carbonyl (C=O) groups is 1. The maximum absolute atomic E-state index is 13.5. The van der Waals surface area contributed by atoms with E-state index in [4.69, 9.17) is 0 Å². The van der Waals surface area contributed by atoms with Crippen LogP contribution in [-0.4, -0.2) is 19.5 Å². The second-order valence-electron chi connectivity index (χ2n) is 4.38. The van der Waals surface area contributed by atoms with Gasteiger partial charge in [0.05, 0.1) is 0 Å². The molecule has 5 heteroatoms. The first-order valence-corrected chi connectivity index (χ1v) is 6.55. The van der Waals surface area contributed by atoms with Crippen molar-refractivity contribution in [3.63, 3.8) is 0 Å². The summed E-state index contributed by atoms with van der Waals surface area (Å²) in [5.41, 5.74) is -0.219. The third-order valence-corrected chi connectivity index (χ3v) is 2.87. The molecule has 106 valence electrons. The van der Waals surface area contributed by atoms with E-state index in [1.807, 2.05) is 0 Å². The van der Waals surface area contributed by atoms with Gasteiger partial charge in [-0.1, -0.05) is 26.2 Å². The highest BCUT2D eigenvalue weighted by Crippen LogP contribution is 2.20. The van der Waals surface area contributed by atoms with E-state index >= 15 is 0 Å². The lowest BCUT2D eigenvalue weighted by Gasteiger charge is -2.08. The van der Waals surface area contributed by atoms with Crippen molar-refractivity contribution in [2.45, 2.75) is 32.6 Å². The first-order chi connectivity index (χ1) is 9.10. The van der Waals surface area contributed by atoms with Gasteiger partial charge in [0.1, 0.15) is 17.3 Å². The Kier molecular flexibility index (Phi) is 6.25. The molecule has 2 N–H and O–H groups in total. The van der Waals surface area contributed by atoms with Gasteiger partial charge in [0.15, 0.2) is 0 Å². The zero-order valence-corrected chi connectivity index (χ0v) is 11.4. The van der Waals surface area contributed by atoms with Crippen molar-refractivity contribution in [2.75, 3.05) is 18.9 Å². The maximum atomic E-state index is 13.5. The Balaban J connectivity index is 2.58. The van der Waals surface area contributed by atoms with Gasteiger partial charge in [-0.25, -0.2) is 8.78 Å². The van der Waals surface area contributed by atoms with Crippen LogP contribution in [0.2, 0.25) is 0 Å². The van der Waals surface area contributed by atoms with Gasteiger partial charge in [0, 0.05) is 19.2 Å². The predicted molar refractivity (Wildman–Crippen MR) is 72.4 cm³/mol. The first-order valence-electron chi connectivity index (χ1n) is 6.55. The minimum absolute atomic E-state index is 0.00416. The predicted octanol–water partition coefficient (Wildman–Crippen LogP) is 3.32. The minimum atomic E-state index is -0.765. The Morgan fingerprint density at radius 1 is 1.16 bits per heavy atom. The quantitative estimate of drug-likeness (QED) is 0.746. The van der Waals surface area contributed by atoms with Gasteiger partial charge in [-0.05, 0) is 18.6 Å². The third-order valence-electron chi connectivity index (χ3n) is 2.87. The molecule has 0 atom stereocenters. The topological polar surface area (TPSA) is 41.1 Å². The van der Waals surface area contributed by atoms with Crippen LogP contribution in [-0.2, 0) is 0 Å². The van der Waals surface area contributed by atoms with E-state index in [2.05, 4.69) is 17.6 Å². The summed E-state index contributed by atoms with van der Waals surface area (Å²) in [4.78, 5) is 11.7. The van der Waals surface area contributed by atoms with Crippen molar-refractivity contribution in [1.29, 1.82) is 0 Å². The molecule has 0 saturated heterocycles. The summed E-state index contributed by atoms with van der Waals surface area (Å²) in [5, 5.41) is 5.07. The van der Waals surface area contributed by atoms with E-state index in [9.17, 15) is 13.6 Å². The molecule has 0 spiro atoms. The molecule has 1 aromatic carbocycles. The Labute approximate surface area is 112 Å². The smallest absolute Gasteiger partial charge is 0.251 e. The van der Waals surface area contributed by atoms with Gasteiger partial charge in [0.25, 0.3) is 5.91 Å². The van der Waals surface area contributed by atoms with Crippen LogP contribution in [0.4, 0.5) is 14.5 Å². The number of nitrogens with one attached hydrogen (secondary N) is 2. The fourth-order valence-electron chi connectivity index (χ4n) is 1.80. The fourth-order valence-corrected chi connectivity index (χ4v) is 1.80. The molecule has 0 heterocycles. The van der Waals surface area contributed by atoms with E-state index in [-0.39, 0.29) is 11.3 Å². The monoisotopic (exact) mass is 270 g/mol. The van der Waals surface area contributed by atoms with Crippen LogP contribution in [0, 0.1) is 11.6 Å². The number of carbonyl (C=O) groups excluding carboxylic acids is 1. The number of hydrogen-bond acceptors (Lipinski definition) is 2. The first kappa shape index (κ1) is 15.4. The average Bonchev–Trinajstić information content (AvgIpc) is 2.38. The molecule has 0 bridgehead atoms. The summed E-state index contributed by atoms with van der Waals surface area (Å²) in [5.74, 6) is -1.98. The van der Waals surface area contributed by atoms with E-state index in [1.165, 1.54) is 7.05 Å². The van der Waals surface area contributed by atoms with Crippen molar-refractivity contribution >= 4 is 11.6 Å². The molecular formula is C14H20F2N2O. The summed E-state index contributed by atoms with van der Waals surface area (Å²) >= 11 is 0. The van der Waals surface area contributed by atoms with E-state index in [1.54, 1.807) is 0 Å². The highest BCUT2D eigenvalue weighted by molar-refractivity contribution is 5.94. The Morgan fingerprint density at radius 2 is 1.79 bits per heavy atom. The second kappa shape index (κ2) is 7.71. The van der Waals surface area contributed by atoms with Crippen LogP contribution in [0.15, 0.2) is 12.1 Å². The molecule has 0 saturated carbocycles. The Hall–Kier alpha value is -1.65. The lowest BCUT2D eigenvalue weighted by Crippen LogP contribution is -2.24. The van der Waals surface area contributed by atoms with Gasteiger partial charge in [-0.15, -0.1) is 0 Å². The lowest BCUT2D eigenvalue weighted by atomic mass is 10.1. The summed E-state index contributed by atoms with van der Waals surface area (Å²) in [6, 6.07) is 2.08. The molecule has 0 aliphatic heterocycles. The zero-order chi connectivity index (χ0) is 14.3. The number of benzene rings is 1. The van der Waals surface area contributed by atoms with Crippen LogP contribution in [0.3, 0.4) is 0 Å². The van der Waals surface area contributed by atoms with Crippen molar-refractivity contribution in [2.24, 2.45) is 0 Å². The highest BCUT2D eigenvalue weighted by atomic mass is 19.1. The normalized spacial score (nSPS) is 10.3. The molecular weight excluding hydrogens is 250 g/mol. The van der Waals surface area contributed by atoms with Crippen LogP contribution in [0.5, 0.6) is 0 Å². The molecule has 1 aromatic rings. The number of anilines is 1. The molecule has 0 aliphatic carbocycles. The molecule has 0 fully saturated rings. The molecule has 0 aliphatic rings. The third kappa shape index (κ3) is 4.50. The van der Waals surface area contributed by atoms with Crippen LogP contribution >= 0.6 is 0 Å². The van der Waals surface area contributed by atoms with Gasteiger partial charge in [-0.3, -0.25) is 4.79 Å². The van der Waals surface area contributed by atoms with Gasteiger partial charge < -0.3 is 10.6 Å². The van der Waals surface area contributed by atoms with Gasteiger partial charge >= 0.3 is 0 Å². The van der Waals surface area contributed by atoms with Crippen LogP contribution < -0.4 is 10.6 Å². The van der Waals surface area contributed by atoms with Crippen LogP contribution in [0.1, 0.15) is 43.0 Å². The van der Waals surface area contributed by atoms with Gasteiger partial charge in [0.2, 0.25) is 0 Å². The van der Waals surface area contributed by atoms with E-state index in [0.717, 1.165) is 37.8 Å². The van der Waals surface area contributed by atoms with Gasteiger partial charge in [-0.2, -0.15) is 0 Å². The van der Waals surface area contributed by atoms with E-state index in [0.29, 0.717) is 6.54 Å². The molecule has 0 aromatic heterocycles. The number of unbranched alkanes of at least 4 members (excludes halogenated alkanes) is 3. The van der Waals surface area contributed by atoms with Crippen molar-refractivity contribution < 1.29 is 13.6 Å². The van der Waals surface area contributed by atoms with Crippen molar-refractivity contribution in [3.8, 4) is 0 Å². The van der Waals surface area contributed by atoms with Crippen LogP contribution in [0.25, 0.3) is 0 Å². The largest absolute Gasteiger partial charge is 0.383 e. The zero-order valence-electron chi connectivity index (χ0n) is 11.4. The standard InChI is InChI=1S/C14H20F2N2O/c1-3-4-5-6-7-18-14(19)10-8-11(15)13(17-2)12(16)9-10/h8-9,17H,3-7H2,1-2H3,(H,18,19). The van der Waals surface area contributed by atoms with Crippen molar-refractivity contribution in [3.05, 3.63) is 29.3 Å². The van der Waals surface area contributed by atoms with E-state index < -0.39 is 17.5 Å². The lowest BCUT2D eigenvalue weighted by molar-refractivity contribution is 0.0952. The Morgan fingerprint density at radius 3 is 2.32 bits per heavy atom. The number of hydrogen-bond donors (Lipinski definition) is 2. The average molecular weight is 270 g/mol. The minimum Gasteiger partial charge on any atom is -0.383 e. The molecule has 1 rings (SSSR count). The molecule has 1 amide bonds.